The smallest absolute Gasteiger partial charge is 0.453 e. The van der Waals surface area contributed by atoms with E-state index < -0.39 is 0 Å². The Bertz CT molecular complexity index is 496. The lowest BCUT2D eigenvalue weighted by molar-refractivity contribution is 0.579. The van der Waals surface area contributed by atoms with Crippen molar-refractivity contribution in [3.05, 3.63) is 24.2 Å². The van der Waals surface area contributed by atoms with Gasteiger partial charge in [0, 0.05) is 6.20 Å². The van der Waals surface area contributed by atoms with Gasteiger partial charge in [-0.15, -0.1) is 10.2 Å². The number of rotatable bonds is 0. The van der Waals surface area contributed by atoms with E-state index in [0.29, 0.717) is 5.72 Å². The largest absolute Gasteiger partial charge is 0.553 e. The highest BCUT2D eigenvalue weighted by Gasteiger charge is 2.23. The molecule has 5 nitrogen and oxygen atoms in total. The van der Waals surface area contributed by atoms with E-state index in [1.54, 1.807) is 13.7 Å². The topological polar surface area (TPSA) is 52.8 Å². The number of hydrogen-bond donors (Lipinski definition) is 0. The van der Waals surface area contributed by atoms with Crippen molar-refractivity contribution in [1.29, 1.82) is 0 Å². The van der Waals surface area contributed by atoms with Gasteiger partial charge >= 0.3 is 7.48 Å². The molecule has 0 unspecified atom stereocenters. The molecule has 3 rings (SSSR count). The highest BCUT2D eigenvalue weighted by Crippen LogP contribution is 2.21. The number of aromatic nitrogens is 4. The molecule has 0 N–H and O–H groups in total. The van der Waals surface area contributed by atoms with Crippen molar-refractivity contribution in [3.8, 4) is 11.6 Å². The summed E-state index contributed by atoms with van der Waals surface area (Å²) in [5, 5.41) is 7.91. The number of nitrogens with zero attached hydrogens (tertiary/aromatic N) is 4. The molecule has 1 aliphatic rings. The predicted molar refractivity (Wildman–Crippen MR) is 49.9 cm³/mol. The average Bonchev–Trinajstić information content (AvgIpc) is 2.61. The maximum absolute atomic E-state index is 5.35. The van der Waals surface area contributed by atoms with Gasteiger partial charge in [0.05, 0.1) is 0 Å². The molecule has 1 radical (unpaired) electrons. The van der Waals surface area contributed by atoms with Gasteiger partial charge in [-0.05, 0) is 19.1 Å². The van der Waals surface area contributed by atoms with Crippen molar-refractivity contribution in [2.75, 3.05) is 0 Å². The molecular formula is C8H6BN4O. The van der Waals surface area contributed by atoms with Crippen molar-refractivity contribution >= 4 is 13.2 Å². The maximum Gasteiger partial charge on any atom is 0.453 e. The summed E-state index contributed by atoms with van der Waals surface area (Å²) in [6.07, 6.45) is 1.72. The van der Waals surface area contributed by atoms with Gasteiger partial charge in [0.1, 0.15) is 17.3 Å². The summed E-state index contributed by atoms with van der Waals surface area (Å²) in [5.74, 6) is 2.27. The van der Waals surface area contributed by atoms with Gasteiger partial charge in [-0.3, -0.25) is 4.57 Å². The van der Waals surface area contributed by atoms with Crippen LogP contribution in [0.5, 0.6) is 5.75 Å². The van der Waals surface area contributed by atoms with E-state index in [1.807, 2.05) is 23.6 Å². The molecule has 2 aromatic heterocycles. The summed E-state index contributed by atoms with van der Waals surface area (Å²) >= 11 is 0. The summed E-state index contributed by atoms with van der Waals surface area (Å²) in [5.41, 5.74) is 0.675. The Morgan fingerprint density at radius 2 is 2.36 bits per heavy atom. The van der Waals surface area contributed by atoms with Crippen LogP contribution in [0.25, 0.3) is 5.82 Å². The van der Waals surface area contributed by atoms with Crippen LogP contribution >= 0.6 is 0 Å². The van der Waals surface area contributed by atoms with Crippen LogP contribution in [-0.2, 0) is 0 Å². The number of fused-ring (bicyclic) bond motifs is 3. The molecule has 3 heterocycles. The monoisotopic (exact) mass is 185 g/mol. The standard InChI is InChI=1S/C8H6BN4O/c1-5-11-12-8-9-14-6-3-2-4-10-7(6)13(5)8/h2-4H,1H3. The normalized spacial score (nSPS) is 12.4. The SMILES string of the molecule is Cc1nnc2n1-c1ncccc1O[B]2. The van der Waals surface area contributed by atoms with Crippen molar-refractivity contribution in [1.82, 2.24) is 19.7 Å². The Balaban J connectivity index is 2.32. The lowest BCUT2D eigenvalue weighted by Crippen LogP contribution is -2.35. The Labute approximate surface area is 81.0 Å². The molecule has 14 heavy (non-hydrogen) atoms. The van der Waals surface area contributed by atoms with Crippen LogP contribution in [0.3, 0.4) is 0 Å². The molecule has 2 aromatic rings. The van der Waals surface area contributed by atoms with E-state index in [0.717, 1.165) is 17.4 Å². The Morgan fingerprint density at radius 3 is 3.29 bits per heavy atom. The lowest BCUT2D eigenvalue weighted by Gasteiger charge is -2.16. The molecule has 0 aliphatic carbocycles. The van der Waals surface area contributed by atoms with Crippen LogP contribution in [0.1, 0.15) is 5.82 Å². The van der Waals surface area contributed by atoms with E-state index in [1.165, 1.54) is 0 Å². The van der Waals surface area contributed by atoms with Gasteiger partial charge < -0.3 is 4.65 Å². The van der Waals surface area contributed by atoms with E-state index in [2.05, 4.69) is 15.2 Å². The van der Waals surface area contributed by atoms with Gasteiger partial charge in [0.15, 0.2) is 5.82 Å². The van der Waals surface area contributed by atoms with Crippen molar-refractivity contribution < 1.29 is 4.65 Å². The van der Waals surface area contributed by atoms with Gasteiger partial charge in [-0.25, -0.2) is 4.98 Å². The van der Waals surface area contributed by atoms with E-state index >= 15 is 0 Å². The summed E-state index contributed by atoms with van der Waals surface area (Å²) in [7, 11) is 1.57. The maximum atomic E-state index is 5.35. The lowest BCUT2D eigenvalue weighted by atomic mass is 9.98. The summed E-state index contributed by atoms with van der Waals surface area (Å²) in [6, 6.07) is 3.69. The molecule has 0 bridgehead atoms. The Morgan fingerprint density at radius 1 is 1.43 bits per heavy atom. The fourth-order valence-corrected chi connectivity index (χ4v) is 1.48. The highest BCUT2D eigenvalue weighted by molar-refractivity contribution is 6.46. The summed E-state index contributed by atoms with van der Waals surface area (Å²) in [4.78, 5) is 4.23. The molecule has 67 valence electrons. The Kier molecular flexibility index (Phi) is 1.39. The van der Waals surface area contributed by atoms with Crippen molar-refractivity contribution in [3.63, 3.8) is 0 Å². The van der Waals surface area contributed by atoms with E-state index in [4.69, 9.17) is 4.65 Å². The second kappa shape index (κ2) is 2.57. The number of pyridine rings is 1. The first-order chi connectivity index (χ1) is 6.86. The fourth-order valence-electron chi connectivity index (χ4n) is 1.48. The van der Waals surface area contributed by atoms with E-state index in [-0.39, 0.29) is 0 Å². The zero-order valence-electron chi connectivity index (χ0n) is 7.51. The third-order valence-electron chi connectivity index (χ3n) is 2.10. The van der Waals surface area contributed by atoms with Gasteiger partial charge in [-0.1, -0.05) is 0 Å². The second-order valence-corrected chi connectivity index (χ2v) is 3.00. The molecule has 6 heteroatoms. The van der Waals surface area contributed by atoms with Crippen LogP contribution in [0.2, 0.25) is 0 Å². The molecule has 0 saturated carbocycles. The molecule has 0 fully saturated rings. The number of hydrogen-bond acceptors (Lipinski definition) is 4. The minimum Gasteiger partial charge on any atom is -0.553 e. The zero-order valence-corrected chi connectivity index (χ0v) is 7.51. The molecule has 0 saturated heterocycles. The van der Waals surface area contributed by atoms with E-state index in [9.17, 15) is 0 Å². The minimum absolute atomic E-state index is 0.675. The summed E-state index contributed by atoms with van der Waals surface area (Å²) in [6.45, 7) is 1.88. The minimum atomic E-state index is 0.675. The van der Waals surface area contributed by atoms with Crippen molar-refractivity contribution in [2.45, 2.75) is 6.92 Å². The molecule has 0 amide bonds. The zero-order chi connectivity index (χ0) is 9.54. The Hall–Kier alpha value is -1.85. The fraction of sp³-hybridized carbons (Fsp3) is 0.125. The third kappa shape index (κ3) is 0.877. The second-order valence-electron chi connectivity index (χ2n) is 3.00. The van der Waals surface area contributed by atoms with Gasteiger partial charge in [-0.2, -0.15) is 0 Å². The predicted octanol–water partition coefficient (Wildman–Crippen LogP) is -0.392. The molecule has 0 aromatic carbocycles. The third-order valence-corrected chi connectivity index (χ3v) is 2.10. The van der Waals surface area contributed by atoms with Gasteiger partial charge in [0.2, 0.25) is 0 Å². The van der Waals surface area contributed by atoms with Crippen LogP contribution in [0.15, 0.2) is 18.3 Å². The summed E-state index contributed by atoms with van der Waals surface area (Å²) < 4.78 is 7.21. The first-order valence-corrected chi connectivity index (χ1v) is 4.23. The number of aryl methyl sites for hydroxylation is 1. The quantitative estimate of drug-likeness (QED) is 0.524. The molecule has 0 spiro atoms. The van der Waals surface area contributed by atoms with Crippen LogP contribution in [-0.4, -0.2) is 27.2 Å². The van der Waals surface area contributed by atoms with Crippen molar-refractivity contribution in [2.24, 2.45) is 0 Å². The van der Waals surface area contributed by atoms with Crippen LogP contribution in [0.4, 0.5) is 0 Å². The molecule has 0 atom stereocenters. The first-order valence-electron chi connectivity index (χ1n) is 4.23. The van der Waals surface area contributed by atoms with Crippen LogP contribution in [0, 0.1) is 6.92 Å². The van der Waals surface area contributed by atoms with Crippen LogP contribution < -0.4 is 10.4 Å². The first kappa shape index (κ1) is 7.55. The average molecular weight is 185 g/mol. The highest BCUT2D eigenvalue weighted by atomic mass is 16.4. The molecule has 1 aliphatic heterocycles. The van der Waals surface area contributed by atoms with Gasteiger partial charge in [0.25, 0.3) is 0 Å². The molecular weight excluding hydrogens is 179 g/mol.